The average Bonchev–Trinajstić information content (AvgIpc) is 2.73. The van der Waals surface area contributed by atoms with Crippen molar-refractivity contribution in [3.8, 4) is 11.5 Å². The van der Waals surface area contributed by atoms with Crippen molar-refractivity contribution in [2.45, 2.75) is 23.1 Å². The third-order valence-corrected chi connectivity index (χ3v) is 5.79. The van der Waals surface area contributed by atoms with Crippen LogP contribution in [0.3, 0.4) is 0 Å². The molecule has 0 aromatic heterocycles. The fourth-order valence-corrected chi connectivity index (χ4v) is 4.13. The first-order chi connectivity index (χ1) is 14.5. The number of fused-ring (bicyclic) bond motifs is 1. The van der Waals surface area contributed by atoms with Gasteiger partial charge in [-0.05, 0) is 72.0 Å². The van der Waals surface area contributed by atoms with Gasteiger partial charge < -0.3 is 9.84 Å². The maximum absolute atomic E-state index is 13.9. The molecule has 0 radical (unpaired) electrons. The van der Waals surface area contributed by atoms with Crippen LogP contribution < -0.4 is 4.74 Å². The van der Waals surface area contributed by atoms with Crippen LogP contribution in [0.5, 0.6) is 11.5 Å². The minimum Gasteiger partial charge on any atom is -0.481 e. The third kappa shape index (κ3) is 4.47. The second-order valence-corrected chi connectivity index (χ2v) is 8.06. The minimum absolute atomic E-state index is 0.123. The molecule has 0 aliphatic heterocycles. The van der Waals surface area contributed by atoms with Gasteiger partial charge in [0.15, 0.2) is 0 Å². The Morgan fingerprint density at radius 2 is 1.67 bits per heavy atom. The lowest BCUT2D eigenvalue weighted by molar-refractivity contribution is -0.136. The quantitative estimate of drug-likeness (QED) is 0.372. The molecule has 4 aromatic rings. The zero-order valence-electron chi connectivity index (χ0n) is 16.3. The summed E-state index contributed by atoms with van der Waals surface area (Å²) in [6.07, 6.45) is -0.123. The second kappa shape index (κ2) is 8.59. The number of ether oxygens (including phenoxy) is 1. The molecule has 0 bridgehead atoms. The van der Waals surface area contributed by atoms with Gasteiger partial charge in [-0.1, -0.05) is 42.1 Å². The molecule has 4 rings (SSSR count). The van der Waals surface area contributed by atoms with Gasteiger partial charge in [0.1, 0.15) is 17.3 Å². The van der Waals surface area contributed by atoms with Gasteiger partial charge in [-0.15, -0.1) is 0 Å². The van der Waals surface area contributed by atoms with Gasteiger partial charge in [0.2, 0.25) is 0 Å². The molecule has 0 heterocycles. The Morgan fingerprint density at radius 3 is 2.37 bits per heavy atom. The molecule has 0 aliphatic carbocycles. The van der Waals surface area contributed by atoms with Gasteiger partial charge in [-0.25, -0.2) is 4.39 Å². The predicted molar refractivity (Wildman–Crippen MR) is 117 cm³/mol. The highest BCUT2D eigenvalue weighted by Crippen LogP contribution is 2.37. The molecule has 0 spiro atoms. The molecular formula is C25H19FO3S. The Kier molecular flexibility index (Phi) is 5.72. The molecule has 0 amide bonds. The normalized spacial score (nSPS) is 10.9. The number of halogens is 1. The average molecular weight is 418 g/mol. The summed E-state index contributed by atoms with van der Waals surface area (Å²) in [5.41, 5.74) is 1.34. The first-order valence-corrected chi connectivity index (χ1v) is 10.3. The van der Waals surface area contributed by atoms with Crippen LogP contribution in [0, 0.1) is 12.7 Å². The Morgan fingerprint density at radius 1 is 0.967 bits per heavy atom. The van der Waals surface area contributed by atoms with Crippen molar-refractivity contribution in [3.63, 3.8) is 0 Å². The van der Waals surface area contributed by atoms with Crippen molar-refractivity contribution in [1.29, 1.82) is 0 Å². The molecule has 150 valence electrons. The summed E-state index contributed by atoms with van der Waals surface area (Å²) in [6.45, 7) is 1.80. The highest BCUT2D eigenvalue weighted by atomic mass is 32.2. The number of hydrogen-bond acceptors (Lipinski definition) is 3. The van der Waals surface area contributed by atoms with Crippen molar-refractivity contribution in [2.75, 3.05) is 0 Å². The van der Waals surface area contributed by atoms with E-state index in [9.17, 15) is 14.3 Å². The summed E-state index contributed by atoms with van der Waals surface area (Å²) in [5, 5.41) is 10.6. The van der Waals surface area contributed by atoms with E-state index in [0.717, 1.165) is 15.2 Å². The third-order valence-electron chi connectivity index (χ3n) is 4.78. The van der Waals surface area contributed by atoms with E-state index in [2.05, 4.69) is 0 Å². The zero-order valence-corrected chi connectivity index (χ0v) is 17.1. The zero-order chi connectivity index (χ0) is 21.1. The Bertz CT molecular complexity index is 1200. The predicted octanol–water partition coefficient (Wildman–Crippen LogP) is 6.86. The van der Waals surface area contributed by atoms with Gasteiger partial charge in [0.05, 0.1) is 6.42 Å². The molecular weight excluding hydrogens is 399 g/mol. The standard InChI is InChI=1S/C25H19FO3S/c1-16-18(14-24(27)28)13-17-7-8-19(26)15-23(17)25(16)29-20-9-11-22(12-10-20)30-21-5-3-2-4-6-21/h2-13,15H,14H2,1H3,(H,27,28). The Balaban J connectivity index is 1.67. The lowest BCUT2D eigenvalue weighted by Crippen LogP contribution is -2.03. The van der Waals surface area contributed by atoms with Crippen molar-refractivity contribution in [1.82, 2.24) is 0 Å². The number of benzene rings is 4. The molecule has 0 atom stereocenters. The van der Waals surface area contributed by atoms with Crippen LogP contribution in [0.1, 0.15) is 11.1 Å². The van der Waals surface area contributed by atoms with Gasteiger partial charge in [0.25, 0.3) is 0 Å². The van der Waals surface area contributed by atoms with Gasteiger partial charge in [-0.2, -0.15) is 0 Å². The van der Waals surface area contributed by atoms with Gasteiger partial charge >= 0.3 is 5.97 Å². The number of carbonyl (C=O) groups is 1. The molecule has 3 nitrogen and oxygen atoms in total. The first kappa shape index (κ1) is 20.0. The van der Waals surface area contributed by atoms with E-state index < -0.39 is 5.97 Å². The highest BCUT2D eigenvalue weighted by molar-refractivity contribution is 7.99. The van der Waals surface area contributed by atoms with Crippen LogP contribution in [0.15, 0.2) is 88.7 Å². The molecule has 4 aromatic carbocycles. The monoisotopic (exact) mass is 418 g/mol. The molecule has 0 unspecified atom stereocenters. The van der Waals surface area contributed by atoms with Crippen LogP contribution in [-0.4, -0.2) is 11.1 Å². The van der Waals surface area contributed by atoms with E-state index >= 15 is 0 Å². The van der Waals surface area contributed by atoms with Crippen LogP contribution in [0.4, 0.5) is 4.39 Å². The van der Waals surface area contributed by atoms with E-state index in [1.165, 1.54) is 12.1 Å². The van der Waals surface area contributed by atoms with Crippen molar-refractivity contribution < 1.29 is 19.0 Å². The maximum Gasteiger partial charge on any atom is 0.307 e. The molecule has 30 heavy (non-hydrogen) atoms. The number of rotatable bonds is 6. The van der Waals surface area contributed by atoms with Crippen LogP contribution >= 0.6 is 11.8 Å². The molecule has 0 saturated heterocycles. The SMILES string of the molecule is Cc1c(CC(=O)O)cc2ccc(F)cc2c1Oc1ccc(Sc2ccccc2)cc1. The van der Waals surface area contributed by atoms with E-state index in [1.54, 1.807) is 30.8 Å². The summed E-state index contributed by atoms with van der Waals surface area (Å²) < 4.78 is 20.0. The lowest BCUT2D eigenvalue weighted by Gasteiger charge is -2.16. The van der Waals surface area contributed by atoms with E-state index in [1.807, 2.05) is 54.6 Å². The van der Waals surface area contributed by atoms with Gasteiger partial charge in [-0.3, -0.25) is 4.79 Å². The molecule has 1 N–H and O–H groups in total. The Labute approximate surface area is 178 Å². The molecule has 5 heteroatoms. The lowest BCUT2D eigenvalue weighted by atomic mass is 9.98. The van der Waals surface area contributed by atoms with Gasteiger partial charge in [0, 0.05) is 15.2 Å². The maximum atomic E-state index is 13.9. The Hall–Kier alpha value is -3.31. The van der Waals surface area contributed by atoms with E-state index in [-0.39, 0.29) is 12.2 Å². The van der Waals surface area contributed by atoms with Crippen molar-refractivity contribution >= 4 is 28.5 Å². The number of aliphatic carboxylic acids is 1. The number of carboxylic acid groups (broad SMARTS) is 1. The fraction of sp³-hybridized carbons (Fsp3) is 0.0800. The minimum atomic E-state index is -0.923. The summed E-state index contributed by atoms with van der Waals surface area (Å²) >= 11 is 1.65. The van der Waals surface area contributed by atoms with Crippen molar-refractivity contribution in [2.24, 2.45) is 0 Å². The summed E-state index contributed by atoms with van der Waals surface area (Å²) in [6, 6.07) is 23.9. The second-order valence-electron chi connectivity index (χ2n) is 6.91. The summed E-state index contributed by atoms with van der Waals surface area (Å²) in [7, 11) is 0. The summed E-state index contributed by atoms with van der Waals surface area (Å²) in [5.74, 6) is -0.208. The van der Waals surface area contributed by atoms with Crippen LogP contribution in [0.25, 0.3) is 10.8 Å². The number of carboxylic acids is 1. The first-order valence-electron chi connectivity index (χ1n) is 9.44. The molecule has 0 fully saturated rings. The van der Waals surface area contributed by atoms with E-state index in [0.29, 0.717) is 28.0 Å². The van der Waals surface area contributed by atoms with Crippen LogP contribution in [0.2, 0.25) is 0 Å². The molecule has 0 aliphatic rings. The number of hydrogen-bond donors (Lipinski definition) is 1. The van der Waals surface area contributed by atoms with E-state index in [4.69, 9.17) is 4.74 Å². The van der Waals surface area contributed by atoms with Crippen LogP contribution in [-0.2, 0) is 11.2 Å². The fourth-order valence-electron chi connectivity index (χ4n) is 3.29. The molecule has 0 saturated carbocycles. The summed E-state index contributed by atoms with van der Waals surface area (Å²) in [4.78, 5) is 13.5. The smallest absolute Gasteiger partial charge is 0.307 e. The largest absolute Gasteiger partial charge is 0.481 e. The van der Waals surface area contributed by atoms with Crippen molar-refractivity contribution in [3.05, 3.63) is 95.8 Å². The topological polar surface area (TPSA) is 46.5 Å². The highest BCUT2D eigenvalue weighted by Gasteiger charge is 2.15.